The average Bonchev–Trinajstić information content (AvgIpc) is 3.08. The second kappa shape index (κ2) is 5.01. The second-order valence-electron chi connectivity index (χ2n) is 4.34. The topological polar surface area (TPSA) is 56.0 Å². The van der Waals surface area contributed by atoms with Gasteiger partial charge < -0.3 is 0 Å². The van der Waals surface area contributed by atoms with E-state index in [9.17, 15) is 0 Å². The van der Waals surface area contributed by atoms with Gasteiger partial charge in [0.25, 0.3) is 0 Å². The Morgan fingerprint density at radius 2 is 1.81 bits per heavy atom. The molecule has 0 aliphatic carbocycles. The zero-order chi connectivity index (χ0) is 14.2. The van der Waals surface area contributed by atoms with E-state index >= 15 is 0 Å². The molecule has 0 aliphatic heterocycles. The summed E-state index contributed by atoms with van der Waals surface area (Å²) in [5.74, 6) is 0.724. The molecule has 0 bridgehead atoms. The van der Waals surface area contributed by atoms with Gasteiger partial charge in [0, 0.05) is 28.0 Å². The van der Waals surface area contributed by atoms with Gasteiger partial charge in [-0.2, -0.15) is 9.61 Å². The fraction of sp³-hybridized carbons (Fsp3) is 0. The summed E-state index contributed by atoms with van der Waals surface area (Å²) in [5, 5.41) is 14.0. The van der Waals surface area contributed by atoms with Crippen molar-refractivity contribution in [1.29, 1.82) is 0 Å². The summed E-state index contributed by atoms with van der Waals surface area (Å²) in [5.41, 5.74) is 2.00. The summed E-state index contributed by atoms with van der Waals surface area (Å²) in [6.45, 7) is 0. The van der Waals surface area contributed by atoms with Crippen molar-refractivity contribution in [2.24, 2.45) is 0 Å². The second-order valence-corrected chi connectivity index (χ2v) is 6.15. The van der Waals surface area contributed by atoms with Gasteiger partial charge in [0.2, 0.25) is 4.96 Å². The molecular weight excluding hydrogens is 350 g/mol. The molecule has 102 valence electrons. The number of rotatable bonds is 2. The molecule has 4 aromatic rings. The minimum atomic E-state index is 0.724. The first-order chi connectivity index (χ1) is 10.3. The third-order valence-electron chi connectivity index (χ3n) is 3.03. The summed E-state index contributed by atoms with van der Waals surface area (Å²) in [4.78, 5) is 4.79. The van der Waals surface area contributed by atoms with Crippen molar-refractivity contribution in [3.05, 3.63) is 53.3 Å². The number of pyridine rings is 1. The van der Waals surface area contributed by atoms with E-state index < -0.39 is 0 Å². The molecule has 0 saturated carbocycles. The van der Waals surface area contributed by atoms with Crippen molar-refractivity contribution < 1.29 is 0 Å². The lowest BCUT2D eigenvalue weighted by Gasteiger charge is -1.98. The Morgan fingerprint density at radius 3 is 2.62 bits per heavy atom. The normalized spacial score (nSPS) is 11.1. The number of benzene rings is 1. The Bertz CT molecular complexity index is 915. The molecule has 4 rings (SSSR count). The lowest BCUT2D eigenvalue weighted by atomic mass is 10.2. The number of aromatic nitrogens is 5. The summed E-state index contributed by atoms with van der Waals surface area (Å²) >= 11 is 5.07. The third-order valence-corrected chi connectivity index (χ3v) is 4.66. The smallest absolute Gasteiger partial charge is 0.235 e. The molecule has 7 heteroatoms. The molecule has 0 radical (unpaired) electrons. The highest BCUT2D eigenvalue weighted by Crippen LogP contribution is 2.32. The summed E-state index contributed by atoms with van der Waals surface area (Å²) < 4.78 is 2.79. The Balaban J connectivity index is 1.89. The highest BCUT2D eigenvalue weighted by atomic mass is 79.9. The van der Waals surface area contributed by atoms with Gasteiger partial charge in [-0.3, -0.25) is 4.98 Å². The van der Waals surface area contributed by atoms with E-state index in [1.54, 1.807) is 16.9 Å². The Morgan fingerprint density at radius 1 is 1.00 bits per heavy atom. The molecular formula is C14H8BrN5S. The average molecular weight is 358 g/mol. The van der Waals surface area contributed by atoms with Crippen LogP contribution in [0.4, 0.5) is 0 Å². The SMILES string of the molecule is Brc1ccccc1-c1nn2c(-c3ccncc3)nnc2s1. The van der Waals surface area contributed by atoms with E-state index in [-0.39, 0.29) is 0 Å². The van der Waals surface area contributed by atoms with E-state index in [4.69, 9.17) is 0 Å². The fourth-order valence-electron chi connectivity index (χ4n) is 2.04. The minimum Gasteiger partial charge on any atom is -0.265 e. The molecule has 5 nitrogen and oxygen atoms in total. The molecule has 0 N–H and O–H groups in total. The van der Waals surface area contributed by atoms with E-state index in [1.807, 2.05) is 36.4 Å². The van der Waals surface area contributed by atoms with Crippen LogP contribution >= 0.6 is 27.3 Å². The predicted molar refractivity (Wildman–Crippen MR) is 85.0 cm³/mol. The van der Waals surface area contributed by atoms with Gasteiger partial charge in [-0.05, 0) is 18.2 Å². The maximum absolute atomic E-state index is 4.64. The molecule has 1 aromatic carbocycles. The van der Waals surface area contributed by atoms with Gasteiger partial charge in [-0.15, -0.1) is 10.2 Å². The summed E-state index contributed by atoms with van der Waals surface area (Å²) in [6.07, 6.45) is 3.47. The zero-order valence-corrected chi connectivity index (χ0v) is 13.0. The highest BCUT2D eigenvalue weighted by Gasteiger charge is 2.15. The molecule has 0 fully saturated rings. The van der Waals surface area contributed by atoms with Crippen molar-refractivity contribution in [2.45, 2.75) is 0 Å². The molecule has 0 amide bonds. The van der Waals surface area contributed by atoms with Crippen molar-refractivity contribution in [1.82, 2.24) is 24.8 Å². The van der Waals surface area contributed by atoms with Gasteiger partial charge in [-0.1, -0.05) is 45.5 Å². The monoisotopic (exact) mass is 357 g/mol. The molecule has 0 atom stereocenters. The molecule has 3 heterocycles. The first-order valence-corrected chi connectivity index (χ1v) is 7.81. The fourth-order valence-corrected chi connectivity index (χ4v) is 3.52. The van der Waals surface area contributed by atoms with E-state index in [0.717, 1.165) is 31.4 Å². The van der Waals surface area contributed by atoms with Crippen LogP contribution in [0.25, 0.3) is 26.9 Å². The van der Waals surface area contributed by atoms with Gasteiger partial charge >= 0.3 is 0 Å². The van der Waals surface area contributed by atoms with Gasteiger partial charge in [0.15, 0.2) is 5.82 Å². The quantitative estimate of drug-likeness (QED) is 0.549. The van der Waals surface area contributed by atoms with Gasteiger partial charge in [-0.25, -0.2) is 0 Å². The van der Waals surface area contributed by atoms with E-state index in [1.165, 1.54) is 11.3 Å². The predicted octanol–water partition coefficient (Wildman–Crippen LogP) is 3.68. The number of fused-ring (bicyclic) bond motifs is 1. The lowest BCUT2D eigenvalue weighted by Crippen LogP contribution is -1.91. The van der Waals surface area contributed by atoms with Crippen LogP contribution in [0.5, 0.6) is 0 Å². The largest absolute Gasteiger partial charge is 0.265 e. The van der Waals surface area contributed by atoms with Crippen LogP contribution in [0.3, 0.4) is 0 Å². The maximum Gasteiger partial charge on any atom is 0.235 e. The van der Waals surface area contributed by atoms with Crippen LogP contribution in [-0.4, -0.2) is 24.8 Å². The molecule has 0 spiro atoms. The van der Waals surface area contributed by atoms with Crippen molar-refractivity contribution in [3.8, 4) is 22.0 Å². The first-order valence-electron chi connectivity index (χ1n) is 6.20. The lowest BCUT2D eigenvalue weighted by molar-refractivity contribution is 0.969. The van der Waals surface area contributed by atoms with Crippen molar-refractivity contribution in [3.63, 3.8) is 0 Å². The molecule has 3 aromatic heterocycles. The van der Waals surface area contributed by atoms with E-state index in [2.05, 4.69) is 36.2 Å². The number of halogens is 1. The Hall–Kier alpha value is -2.12. The van der Waals surface area contributed by atoms with Crippen LogP contribution < -0.4 is 0 Å². The van der Waals surface area contributed by atoms with E-state index in [0.29, 0.717) is 0 Å². The maximum atomic E-state index is 4.64. The summed E-state index contributed by atoms with van der Waals surface area (Å²) in [7, 11) is 0. The van der Waals surface area contributed by atoms with Crippen molar-refractivity contribution >= 4 is 32.2 Å². The molecule has 21 heavy (non-hydrogen) atoms. The Labute approximate surface area is 132 Å². The number of hydrogen-bond donors (Lipinski definition) is 0. The Kier molecular flexibility index (Phi) is 3.01. The standard InChI is InChI=1S/C14H8BrN5S/c15-11-4-2-1-3-10(11)13-19-20-12(17-18-14(20)21-13)9-5-7-16-8-6-9/h1-8H. The highest BCUT2D eigenvalue weighted by molar-refractivity contribution is 9.10. The summed E-state index contributed by atoms with van der Waals surface area (Å²) in [6, 6.07) is 11.8. The zero-order valence-electron chi connectivity index (χ0n) is 10.6. The van der Waals surface area contributed by atoms with Crippen molar-refractivity contribution in [2.75, 3.05) is 0 Å². The van der Waals surface area contributed by atoms with Crippen LogP contribution in [0, 0.1) is 0 Å². The van der Waals surface area contributed by atoms with Gasteiger partial charge in [0.1, 0.15) is 5.01 Å². The number of nitrogens with zero attached hydrogens (tertiary/aromatic N) is 5. The van der Waals surface area contributed by atoms with Crippen LogP contribution in [0.15, 0.2) is 53.3 Å². The molecule has 0 aliphatic rings. The molecule has 0 unspecified atom stereocenters. The van der Waals surface area contributed by atoms with Gasteiger partial charge in [0.05, 0.1) is 0 Å². The molecule has 0 saturated heterocycles. The van der Waals surface area contributed by atoms with Crippen LogP contribution in [0.2, 0.25) is 0 Å². The minimum absolute atomic E-state index is 0.724. The number of hydrogen-bond acceptors (Lipinski definition) is 5. The third kappa shape index (κ3) is 2.14. The van der Waals surface area contributed by atoms with Crippen LogP contribution in [0.1, 0.15) is 0 Å². The van der Waals surface area contributed by atoms with Crippen LogP contribution in [-0.2, 0) is 0 Å². The first kappa shape index (κ1) is 12.6.